The molecule has 0 bridgehead atoms. The molecule has 0 radical (unpaired) electrons. The standard InChI is InChI=1S/C14H15ClF3NO2/c15-11-6-3-9(14(16,17)18)7-12(11)19-13(21)8-1-4-10(20)5-2-8/h3,6-8,10,20H,1-2,4-5H2,(H,19,21). The van der Waals surface area contributed by atoms with Gasteiger partial charge in [0, 0.05) is 5.92 Å². The number of benzene rings is 1. The van der Waals surface area contributed by atoms with E-state index in [1.807, 2.05) is 0 Å². The Bertz CT molecular complexity index is 525. The van der Waals surface area contributed by atoms with Crippen molar-refractivity contribution in [3.8, 4) is 0 Å². The van der Waals surface area contributed by atoms with Crippen LogP contribution in [0, 0.1) is 5.92 Å². The monoisotopic (exact) mass is 321 g/mol. The number of hydrogen-bond donors (Lipinski definition) is 2. The van der Waals surface area contributed by atoms with E-state index in [2.05, 4.69) is 5.32 Å². The van der Waals surface area contributed by atoms with Gasteiger partial charge in [0.2, 0.25) is 5.91 Å². The second-order valence-corrected chi connectivity index (χ2v) is 5.59. The third kappa shape index (κ3) is 4.11. The van der Waals surface area contributed by atoms with Crippen LogP contribution in [0.25, 0.3) is 0 Å². The molecule has 1 aliphatic rings. The van der Waals surface area contributed by atoms with Crippen LogP contribution in [0.5, 0.6) is 0 Å². The highest BCUT2D eigenvalue weighted by molar-refractivity contribution is 6.33. The fourth-order valence-electron chi connectivity index (χ4n) is 2.37. The van der Waals surface area contributed by atoms with Gasteiger partial charge in [-0.3, -0.25) is 4.79 Å². The number of hydrogen-bond acceptors (Lipinski definition) is 2. The van der Waals surface area contributed by atoms with Gasteiger partial charge in [0.1, 0.15) is 0 Å². The fraction of sp³-hybridized carbons (Fsp3) is 0.500. The lowest BCUT2D eigenvalue weighted by Crippen LogP contribution is -2.28. The molecule has 0 atom stereocenters. The van der Waals surface area contributed by atoms with Gasteiger partial charge in [-0.2, -0.15) is 13.2 Å². The number of nitrogens with one attached hydrogen (secondary N) is 1. The van der Waals surface area contributed by atoms with Crippen molar-refractivity contribution < 1.29 is 23.1 Å². The minimum Gasteiger partial charge on any atom is -0.393 e. The summed E-state index contributed by atoms with van der Waals surface area (Å²) in [6.45, 7) is 0. The summed E-state index contributed by atoms with van der Waals surface area (Å²) in [6, 6.07) is 2.82. The van der Waals surface area contributed by atoms with E-state index in [0.717, 1.165) is 18.2 Å². The van der Waals surface area contributed by atoms with Crippen molar-refractivity contribution in [3.63, 3.8) is 0 Å². The van der Waals surface area contributed by atoms with E-state index in [0.29, 0.717) is 25.7 Å². The van der Waals surface area contributed by atoms with E-state index in [-0.39, 0.29) is 22.5 Å². The van der Waals surface area contributed by atoms with Crippen LogP contribution in [0.2, 0.25) is 5.02 Å². The first kappa shape index (κ1) is 16.1. The van der Waals surface area contributed by atoms with Gasteiger partial charge in [-0.05, 0) is 43.9 Å². The molecule has 1 amide bonds. The predicted molar refractivity (Wildman–Crippen MR) is 73.0 cm³/mol. The highest BCUT2D eigenvalue weighted by Crippen LogP contribution is 2.34. The average Bonchev–Trinajstić information content (AvgIpc) is 2.40. The van der Waals surface area contributed by atoms with Crippen molar-refractivity contribution in [1.82, 2.24) is 0 Å². The van der Waals surface area contributed by atoms with Crippen LogP contribution in [0.4, 0.5) is 18.9 Å². The molecule has 0 aliphatic heterocycles. The van der Waals surface area contributed by atoms with Gasteiger partial charge in [-0.15, -0.1) is 0 Å². The second-order valence-electron chi connectivity index (χ2n) is 5.19. The van der Waals surface area contributed by atoms with Crippen molar-refractivity contribution in [2.75, 3.05) is 5.32 Å². The maximum atomic E-state index is 12.7. The zero-order valence-corrected chi connectivity index (χ0v) is 11.8. The fourth-order valence-corrected chi connectivity index (χ4v) is 2.53. The number of alkyl halides is 3. The highest BCUT2D eigenvalue weighted by Gasteiger charge is 2.31. The molecule has 1 saturated carbocycles. The van der Waals surface area contributed by atoms with Crippen LogP contribution in [0.1, 0.15) is 31.2 Å². The minimum absolute atomic E-state index is 0.0392. The van der Waals surface area contributed by atoms with Gasteiger partial charge in [-0.25, -0.2) is 0 Å². The molecule has 2 rings (SSSR count). The molecule has 0 heterocycles. The molecule has 0 saturated heterocycles. The Morgan fingerprint density at radius 3 is 2.43 bits per heavy atom. The van der Waals surface area contributed by atoms with Gasteiger partial charge in [0.15, 0.2) is 0 Å². The number of anilines is 1. The van der Waals surface area contributed by atoms with E-state index >= 15 is 0 Å². The topological polar surface area (TPSA) is 49.3 Å². The lowest BCUT2D eigenvalue weighted by molar-refractivity contribution is -0.137. The number of amides is 1. The largest absolute Gasteiger partial charge is 0.416 e. The smallest absolute Gasteiger partial charge is 0.393 e. The molecule has 1 aliphatic carbocycles. The Hall–Kier alpha value is -1.27. The third-order valence-electron chi connectivity index (χ3n) is 3.62. The first-order valence-corrected chi connectivity index (χ1v) is 7.01. The van der Waals surface area contributed by atoms with Crippen molar-refractivity contribution in [2.45, 2.75) is 38.0 Å². The first-order chi connectivity index (χ1) is 9.77. The van der Waals surface area contributed by atoms with Gasteiger partial charge < -0.3 is 10.4 Å². The molecule has 7 heteroatoms. The van der Waals surface area contributed by atoms with E-state index in [9.17, 15) is 23.1 Å². The average molecular weight is 322 g/mol. The first-order valence-electron chi connectivity index (χ1n) is 6.63. The highest BCUT2D eigenvalue weighted by atomic mass is 35.5. The second kappa shape index (κ2) is 6.23. The molecule has 3 nitrogen and oxygen atoms in total. The molecule has 2 N–H and O–H groups in total. The summed E-state index contributed by atoms with van der Waals surface area (Å²) in [6.07, 6.45) is -2.80. The maximum absolute atomic E-state index is 12.7. The van der Waals surface area contributed by atoms with E-state index in [4.69, 9.17) is 11.6 Å². The van der Waals surface area contributed by atoms with Crippen molar-refractivity contribution in [2.24, 2.45) is 5.92 Å². The number of halogens is 4. The molecule has 0 aromatic heterocycles. The summed E-state index contributed by atoms with van der Waals surface area (Å²) in [4.78, 5) is 12.1. The Balaban J connectivity index is 2.10. The predicted octanol–water partition coefficient (Wildman–Crippen LogP) is 3.85. The Kier molecular flexibility index (Phi) is 4.78. The number of carbonyl (C=O) groups excluding carboxylic acids is 1. The third-order valence-corrected chi connectivity index (χ3v) is 3.95. The molecule has 1 fully saturated rings. The van der Waals surface area contributed by atoms with Gasteiger partial charge in [0.25, 0.3) is 0 Å². The molecule has 1 aromatic rings. The maximum Gasteiger partial charge on any atom is 0.416 e. The Morgan fingerprint density at radius 2 is 1.86 bits per heavy atom. The lowest BCUT2D eigenvalue weighted by Gasteiger charge is -2.24. The molecule has 21 heavy (non-hydrogen) atoms. The van der Waals surface area contributed by atoms with Crippen molar-refractivity contribution in [1.29, 1.82) is 0 Å². The van der Waals surface area contributed by atoms with E-state index < -0.39 is 17.8 Å². The summed E-state index contributed by atoms with van der Waals surface area (Å²) in [7, 11) is 0. The van der Waals surface area contributed by atoms with Crippen LogP contribution in [-0.4, -0.2) is 17.1 Å². The van der Waals surface area contributed by atoms with Crippen LogP contribution < -0.4 is 5.32 Å². The molecule has 0 spiro atoms. The van der Waals surface area contributed by atoms with Crippen LogP contribution in [0.15, 0.2) is 18.2 Å². The normalized spacial score (nSPS) is 22.9. The van der Waals surface area contributed by atoms with Gasteiger partial charge in [-0.1, -0.05) is 11.6 Å². The van der Waals surface area contributed by atoms with Gasteiger partial charge >= 0.3 is 6.18 Å². The molecular formula is C14H15ClF3NO2. The zero-order valence-electron chi connectivity index (χ0n) is 11.1. The Labute approximate surface area is 125 Å². The Morgan fingerprint density at radius 1 is 1.24 bits per heavy atom. The van der Waals surface area contributed by atoms with Crippen LogP contribution in [0.3, 0.4) is 0 Å². The van der Waals surface area contributed by atoms with Gasteiger partial charge in [0.05, 0.1) is 22.4 Å². The SMILES string of the molecule is O=C(Nc1cc(C(F)(F)F)ccc1Cl)C1CCC(O)CC1. The summed E-state index contributed by atoms with van der Waals surface area (Å²) >= 11 is 5.83. The number of carbonyl (C=O) groups is 1. The quantitative estimate of drug-likeness (QED) is 0.869. The lowest BCUT2D eigenvalue weighted by atomic mass is 9.87. The summed E-state index contributed by atoms with van der Waals surface area (Å²) < 4.78 is 38.0. The van der Waals surface area contributed by atoms with Crippen LogP contribution in [-0.2, 0) is 11.0 Å². The molecule has 1 aromatic carbocycles. The van der Waals surface area contributed by atoms with E-state index in [1.165, 1.54) is 0 Å². The molecular weight excluding hydrogens is 307 g/mol. The number of aliphatic hydroxyl groups is 1. The van der Waals surface area contributed by atoms with E-state index in [1.54, 1.807) is 0 Å². The summed E-state index contributed by atoms with van der Waals surface area (Å²) in [5.74, 6) is -0.665. The zero-order chi connectivity index (χ0) is 15.6. The minimum atomic E-state index is -4.49. The summed E-state index contributed by atoms with van der Waals surface area (Å²) in [5.41, 5.74) is -0.899. The van der Waals surface area contributed by atoms with Crippen molar-refractivity contribution in [3.05, 3.63) is 28.8 Å². The number of aliphatic hydroxyl groups excluding tert-OH is 1. The number of rotatable bonds is 2. The molecule has 116 valence electrons. The molecule has 0 unspecified atom stereocenters. The van der Waals surface area contributed by atoms with Crippen molar-refractivity contribution >= 4 is 23.2 Å². The summed E-state index contributed by atoms with van der Waals surface area (Å²) in [5, 5.41) is 11.9. The van der Waals surface area contributed by atoms with Crippen LogP contribution >= 0.6 is 11.6 Å².